The maximum atomic E-state index is 12.9. The highest BCUT2D eigenvalue weighted by Crippen LogP contribution is 2.55. The molecular weight excluding hydrogens is 250 g/mol. The monoisotopic (exact) mass is 273 g/mol. The van der Waals surface area contributed by atoms with Gasteiger partial charge in [0.2, 0.25) is 5.91 Å². The first-order chi connectivity index (χ1) is 9.77. The van der Waals surface area contributed by atoms with Crippen molar-refractivity contribution >= 4 is 5.91 Å². The number of hydrogen-bond acceptors (Lipinski definition) is 2. The van der Waals surface area contributed by atoms with Crippen molar-refractivity contribution in [2.24, 2.45) is 11.3 Å². The van der Waals surface area contributed by atoms with E-state index in [0.29, 0.717) is 11.8 Å². The quantitative estimate of drug-likeness (QED) is 0.900. The molecule has 4 heteroatoms. The molecule has 4 rings (SSSR count). The fourth-order valence-corrected chi connectivity index (χ4v) is 4.70. The predicted molar refractivity (Wildman–Crippen MR) is 76.2 cm³/mol. The summed E-state index contributed by atoms with van der Waals surface area (Å²) >= 11 is 0. The molecular formula is C16H23N3O. The lowest BCUT2D eigenvalue weighted by atomic mass is 9.82. The second-order valence-electron chi connectivity index (χ2n) is 6.99. The molecule has 0 unspecified atom stereocenters. The van der Waals surface area contributed by atoms with E-state index in [1.165, 1.54) is 19.3 Å². The van der Waals surface area contributed by atoms with Crippen LogP contribution in [0.15, 0.2) is 12.5 Å². The van der Waals surface area contributed by atoms with Crippen molar-refractivity contribution in [1.82, 2.24) is 14.9 Å². The summed E-state index contributed by atoms with van der Waals surface area (Å²) in [6.45, 7) is 1.84. The number of carbonyl (C=O) groups excluding carboxylic acids is 1. The topological polar surface area (TPSA) is 49.0 Å². The Balaban J connectivity index is 1.41. The zero-order valence-corrected chi connectivity index (χ0v) is 12.0. The first kappa shape index (κ1) is 12.4. The van der Waals surface area contributed by atoms with Gasteiger partial charge >= 0.3 is 0 Å². The number of hydrogen-bond donors (Lipinski definition) is 1. The molecule has 1 saturated heterocycles. The minimum Gasteiger partial charge on any atom is -0.351 e. The van der Waals surface area contributed by atoms with Crippen LogP contribution >= 0.6 is 0 Å². The van der Waals surface area contributed by atoms with Gasteiger partial charge in [0, 0.05) is 30.6 Å². The number of imidazole rings is 1. The first-order valence-corrected chi connectivity index (χ1v) is 8.05. The fourth-order valence-electron chi connectivity index (χ4n) is 4.70. The molecule has 1 aromatic rings. The zero-order valence-electron chi connectivity index (χ0n) is 12.0. The van der Waals surface area contributed by atoms with Crippen molar-refractivity contribution in [3.8, 4) is 0 Å². The standard InChI is InChI=1S/C16H23N3O/c20-15(16-5-1-12(9-16)2-6-16)19-7-3-13(4-8-19)14-10-17-11-18-14/h10-13H,1-9H2,(H,17,18). The summed E-state index contributed by atoms with van der Waals surface area (Å²) in [5.74, 6) is 1.85. The Morgan fingerprint density at radius 1 is 1.25 bits per heavy atom. The van der Waals surface area contributed by atoms with Gasteiger partial charge in [0.15, 0.2) is 0 Å². The number of aromatic amines is 1. The Morgan fingerprint density at radius 3 is 2.55 bits per heavy atom. The Morgan fingerprint density at radius 2 is 2.00 bits per heavy atom. The molecule has 4 nitrogen and oxygen atoms in total. The smallest absolute Gasteiger partial charge is 0.228 e. The number of H-pyrrole nitrogens is 1. The third-order valence-electron chi connectivity index (χ3n) is 5.92. The maximum Gasteiger partial charge on any atom is 0.228 e. The Hall–Kier alpha value is -1.32. The lowest BCUT2D eigenvalue weighted by Crippen LogP contribution is -2.45. The van der Waals surface area contributed by atoms with Crippen LogP contribution in [0.25, 0.3) is 0 Å². The number of piperidine rings is 1. The molecule has 2 heterocycles. The summed E-state index contributed by atoms with van der Waals surface area (Å²) in [5, 5.41) is 0. The number of nitrogens with one attached hydrogen (secondary N) is 1. The van der Waals surface area contributed by atoms with Gasteiger partial charge in [-0.15, -0.1) is 0 Å². The van der Waals surface area contributed by atoms with Crippen molar-refractivity contribution in [2.75, 3.05) is 13.1 Å². The third-order valence-corrected chi connectivity index (χ3v) is 5.92. The highest BCUT2D eigenvalue weighted by atomic mass is 16.2. The minimum absolute atomic E-state index is 0.0455. The molecule has 2 aliphatic carbocycles. The predicted octanol–water partition coefficient (Wildman–Crippen LogP) is 2.70. The molecule has 1 amide bonds. The van der Waals surface area contributed by atoms with Gasteiger partial charge < -0.3 is 9.88 Å². The molecule has 0 atom stereocenters. The molecule has 2 saturated carbocycles. The van der Waals surface area contributed by atoms with Crippen LogP contribution in [-0.2, 0) is 4.79 Å². The molecule has 1 N–H and O–H groups in total. The maximum absolute atomic E-state index is 12.9. The normalized spacial score (nSPS) is 33.8. The number of fused-ring (bicyclic) bond motifs is 2. The van der Waals surface area contributed by atoms with Gasteiger partial charge in [0.25, 0.3) is 0 Å². The number of likely N-dealkylation sites (tertiary alicyclic amines) is 1. The lowest BCUT2D eigenvalue weighted by molar-refractivity contribution is -0.142. The molecule has 1 aliphatic heterocycles. The van der Waals surface area contributed by atoms with Crippen LogP contribution < -0.4 is 0 Å². The average Bonchev–Trinajstić information content (AvgIpc) is 3.23. The lowest BCUT2D eigenvalue weighted by Gasteiger charge is -2.37. The second kappa shape index (κ2) is 4.61. The Kier molecular flexibility index (Phi) is 2.86. The van der Waals surface area contributed by atoms with Crippen LogP contribution in [0.4, 0.5) is 0 Å². The number of amides is 1. The fraction of sp³-hybridized carbons (Fsp3) is 0.750. The molecule has 20 heavy (non-hydrogen) atoms. The number of aromatic nitrogens is 2. The Labute approximate surface area is 120 Å². The van der Waals surface area contributed by atoms with E-state index in [0.717, 1.165) is 50.4 Å². The van der Waals surface area contributed by atoms with E-state index >= 15 is 0 Å². The van der Waals surface area contributed by atoms with E-state index in [9.17, 15) is 4.79 Å². The first-order valence-electron chi connectivity index (χ1n) is 8.05. The van der Waals surface area contributed by atoms with Gasteiger partial charge in [-0.1, -0.05) is 0 Å². The second-order valence-corrected chi connectivity index (χ2v) is 6.99. The van der Waals surface area contributed by atoms with Gasteiger partial charge in [0.1, 0.15) is 0 Å². The molecule has 3 fully saturated rings. The van der Waals surface area contributed by atoms with Crippen LogP contribution in [0.5, 0.6) is 0 Å². The van der Waals surface area contributed by atoms with Gasteiger partial charge in [-0.3, -0.25) is 4.79 Å². The summed E-state index contributed by atoms with van der Waals surface area (Å²) in [6.07, 6.45) is 11.9. The summed E-state index contributed by atoms with van der Waals surface area (Å²) in [6, 6.07) is 0. The van der Waals surface area contributed by atoms with E-state index in [1.54, 1.807) is 6.33 Å². The van der Waals surface area contributed by atoms with Crippen LogP contribution in [0, 0.1) is 11.3 Å². The molecule has 108 valence electrons. The number of rotatable bonds is 2. The van der Waals surface area contributed by atoms with Crippen LogP contribution in [0.2, 0.25) is 0 Å². The van der Waals surface area contributed by atoms with Crippen LogP contribution in [0.1, 0.15) is 56.6 Å². The third kappa shape index (κ3) is 1.88. The molecule has 3 aliphatic rings. The summed E-state index contributed by atoms with van der Waals surface area (Å²) in [5.41, 5.74) is 1.21. The molecule has 2 bridgehead atoms. The molecule has 0 spiro atoms. The van der Waals surface area contributed by atoms with Crippen LogP contribution in [-0.4, -0.2) is 33.9 Å². The van der Waals surface area contributed by atoms with Gasteiger partial charge in [-0.25, -0.2) is 4.98 Å². The molecule has 0 aromatic carbocycles. The van der Waals surface area contributed by atoms with Gasteiger partial charge in [0.05, 0.1) is 12.0 Å². The minimum atomic E-state index is 0.0455. The number of carbonyl (C=O) groups is 1. The van der Waals surface area contributed by atoms with Gasteiger partial charge in [-0.05, 0) is 50.9 Å². The average molecular weight is 273 g/mol. The van der Waals surface area contributed by atoms with E-state index in [4.69, 9.17) is 0 Å². The largest absolute Gasteiger partial charge is 0.351 e. The summed E-state index contributed by atoms with van der Waals surface area (Å²) in [4.78, 5) is 22.4. The van der Waals surface area contributed by atoms with E-state index in [2.05, 4.69) is 14.9 Å². The highest BCUT2D eigenvalue weighted by Gasteiger charge is 2.51. The van der Waals surface area contributed by atoms with Crippen molar-refractivity contribution in [3.63, 3.8) is 0 Å². The van der Waals surface area contributed by atoms with Crippen LogP contribution in [0.3, 0.4) is 0 Å². The van der Waals surface area contributed by atoms with Crippen molar-refractivity contribution in [2.45, 2.75) is 50.9 Å². The molecule has 0 radical (unpaired) electrons. The van der Waals surface area contributed by atoms with Gasteiger partial charge in [-0.2, -0.15) is 0 Å². The summed E-state index contributed by atoms with van der Waals surface area (Å²) < 4.78 is 0. The van der Waals surface area contributed by atoms with E-state index in [1.807, 2.05) is 6.20 Å². The summed E-state index contributed by atoms with van der Waals surface area (Å²) in [7, 11) is 0. The highest BCUT2D eigenvalue weighted by molar-refractivity contribution is 5.83. The van der Waals surface area contributed by atoms with Crippen molar-refractivity contribution in [3.05, 3.63) is 18.2 Å². The van der Waals surface area contributed by atoms with Crippen molar-refractivity contribution in [1.29, 1.82) is 0 Å². The van der Waals surface area contributed by atoms with Crippen molar-refractivity contribution < 1.29 is 4.79 Å². The molecule has 1 aromatic heterocycles. The zero-order chi connectivity index (χ0) is 13.6. The number of nitrogens with zero attached hydrogens (tertiary/aromatic N) is 2. The van der Waals surface area contributed by atoms with E-state index in [-0.39, 0.29) is 5.41 Å². The SMILES string of the molecule is O=C(N1CCC(c2c[nH]cn2)CC1)C12CCC(CC1)C2. The van der Waals surface area contributed by atoms with E-state index < -0.39 is 0 Å². The Bertz CT molecular complexity index is 480.